The zero-order chi connectivity index (χ0) is 75.5. The van der Waals surface area contributed by atoms with Crippen LogP contribution in [0.3, 0.4) is 0 Å². The lowest BCUT2D eigenvalue weighted by Gasteiger charge is -2.43. The second kappa shape index (κ2) is 31.0. The van der Waals surface area contributed by atoms with Crippen LogP contribution in [0.4, 0.5) is 9.59 Å². The largest absolute Gasteiger partial charge is 0.456 e. The van der Waals surface area contributed by atoms with Crippen LogP contribution in [0.5, 0.6) is 23.0 Å². The van der Waals surface area contributed by atoms with E-state index in [9.17, 15) is 24.3 Å². The predicted octanol–water partition coefficient (Wildman–Crippen LogP) is 15.9. The van der Waals surface area contributed by atoms with Gasteiger partial charge in [-0.15, -0.1) is 0 Å². The first-order valence-electron chi connectivity index (χ1n) is 37.0. The van der Waals surface area contributed by atoms with Gasteiger partial charge in [0.2, 0.25) is 13.6 Å². The molecule has 16 rings (SSSR count). The summed E-state index contributed by atoms with van der Waals surface area (Å²) in [6.07, 6.45) is 0.822. The van der Waals surface area contributed by atoms with Gasteiger partial charge in [0.25, 0.3) is 20.1 Å². The maximum atomic E-state index is 14.3. The number of urea groups is 2. The molecule has 2 atom stereocenters. The van der Waals surface area contributed by atoms with E-state index >= 15 is 0 Å². The number of furan rings is 2. The number of aliphatic hydroxyl groups excluding tert-OH is 1. The average molecular weight is 1480 g/mol. The number of hydrogen-bond donors (Lipinski definition) is 5. The van der Waals surface area contributed by atoms with Gasteiger partial charge >= 0.3 is 12.1 Å². The Morgan fingerprint density at radius 2 is 0.917 bits per heavy atom. The lowest BCUT2D eigenvalue weighted by molar-refractivity contribution is 0.0938. The number of aromatic nitrogens is 2. The number of ether oxygens (including phenoxy) is 4. The third-order valence-electron chi connectivity index (χ3n) is 20.2. The average Bonchev–Trinajstić information content (AvgIpc) is 1.74. The fourth-order valence-electron chi connectivity index (χ4n) is 15.2. The van der Waals surface area contributed by atoms with Crippen molar-refractivity contribution in [2.24, 2.45) is 0 Å². The van der Waals surface area contributed by atoms with E-state index in [4.69, 9.17) is 42.2 Å². The van der Waals surface area contributed by atoms with E-state index < -0.39 is 20.4 Å². The van der Waals surface area contributed by atoms with Crippen molar-refractivity contribution in [3.8, 4) is 68.2 Å². The highest BCUT2D eigenvalue weighted by atomic mass is 28.4. The van der Waals surface area contributed by atoms with E-state index in [2.05, 4.69) is 96.6 Å². The quantitative estimate of drug-likeness (QED) is 0.0446. The van der Waals surface area contributed by atoms with Gasteiger partial charge in [-0.3, -0.25) is 9.59 Å². The predicted molar refractivity (Wildman–Crippen MR) is 421 cm³/mol. The van der Waals surface area contributed by atoms with Gasteiger partial charge in [-0.2, -0.15) is 0 Å². The third kappa shape index (κ3) is 15.1. The summed E-state index contributed by atoms with van der Waals surface area (Å²) >= 11 is 0. The van der Waals surface area contributed by atoms with E-state index in [1.807, 2.05) is 190 Å². The van der Waals surface area contributed by atoms with Crippen LogP contribution in [-0.2, 0) is 30.6 Å². The number of nitrogens with one attached hydrogen (secondary N) is 4. The summed E-state index contributed by atoms with van der Waals surface area (Å²) in [6, 6.07) is 70.2. The number of pyridine rings is 2. The Labute approximate surface area is 633 Å². The Kier molecular flexibility index (Phi) is 20.6. The van der Waals surface area contributed by atoms with Crippen LogP contribution in [0.2, 0.25) is 5.04 Å². The Balaban J connectivity index is 0.000000182. The molecule has 0 aliphatic carbocycles. The lowest BCUT2D eigenvalue weighted by atomic mass is 9.94. The Morgan fingerprint density at radius 1 is 0.495 bits per heavy atom. The summed E-state index contributed by atoms with van der Waals surface area (Å²) in [7, 11) is -2.90. The molecule has 554 valence electrons. The van der Waals surface area contributed by atoms with Gasteiger partial charge in [0, 0.05) is 95.6 Å². The number of fused-ring (bicyclic) bond motifs is 6. The molecule has 4 aliphatic rings. The number of carbonyl (C=O) groups is 4. The van der Waals surface area contributed by atoms with Crippen LogP contribution >= 0.6 is 0 Å². The second-order valence-corrected chi connectivity index (χ2v) is 33.7. The smallest absolute Gasteiger partial charge is 0.318 e. The molecule has 8 heterocycles. The first-order chi connectivity index (χ1) is 52.9. The van der Waals surface area contributed by atoms with Crippen molar-refractivity contribution in [3.05, 3.63) is 263 Å². The molecule has 12 aromatic rings. The number of carbonyl (C=O) groups excluding carboxylic acids is 4. The highest BCUT2D eigenvalue weighted by Crippen LogP contribution is 2.47. The number of para-hydroxylation sites is 2. The second-order valence-electron chi connectivity index (χ2n) is 29.4. The molecule has 6 amide bonds. The number of benzene rings is 8. The molecule has 0 bridgehead atoms. The van der Waals surface area contributed by atoms with Crippen LogP contribution in [0, 0.1) is 0 Å². The van der Waals surface area contributed by atoms with E-state index in [0.29, 0.717) is 66.1 Å². The van der Waals surface area contributed by atoms with Crippen molar-refractivity contribution < 1.29 is 56.5 Å². The highest BCUT2D eigenvalue weighted by molar-refractivity contribution is 6.99. The van der Waals surface area contributed by atoms with Gasteiger partial charge in [-0.05, 0) is 151 Å². The molecule has 20 nitrogen and oxygen atoms in total. The summed E-state index contributed by atoms with van der Waals surface area (Å²) in [4.78, 5) is 69.1. The molecule has 0 saturated heterocycles. The highest BCUT2D eigenvalue weighted by Gasteiger charge is 2.51. The Morgan fingerprint density at radius 3 is 1.35 bits per heavy atom. The van der Waals surface area contributed by atoms with Crippen molar-refractivity contribution in [1.82, 2.24) is 41.0 Å². The molecule has 0 spiro atoms. The monoisotopic (exact) mass is 1470 g/mol. The van der Waals surface area contributed by atoms with Gasteiger partial charge in [-0.1, -0.05) is 166 Å². The summed E-state index contributed by atoms with van der Waals surface area (Å²) in [6.45, 7) is 16.2. The zero-order valence-corrected chi connectivity index (χ0v) is 62.9. The van der Waals surface area contributed by atoms with Crippen molar-refractivity contribution in [2.45, 2.75) is 117 Å². The molecular weight excluding hydrogens is 1390 g/mol. The fraction of sp³-hybridized carbons (Fsp3) is 0.250. The van der Waals surface area contributed by atoms with Crippen LogP contribution in [0.1, 0.15) is 128 Å². The minimum atomic E-state index is -2.90. The van der Waals surface area contributed by atoms with Gasteiger partial charge in [0.1, 0.15) is 34.1 Å². The van der Waals surface area contributed by atoms with Gasteiger partial charge in [0.05, 0.1) is 23.5 Å². The molecule has 4 aromatic heterocycles. The van der Waals surface area contributed by atoms with E-state index in [1.165, 1.54) is 10.4 Å². The molecular formula is C88H86N8O12Si. The topological polar surface area (TPSA) is 241 Å². The molecule has 5 N–H and O–H groups in total. The molecule has 21 heteroatoms. The van der Waals surface area contributed by atoms with Crippen molar-refractivity contribution in [2.75, 3.05) is 26.8 Å². The van der Waals surface area contributed by atoms with Gasteiger partial charge in [0.15, 0.2) is 23.0 Å². The first kappa shape index (κ1) is 72.5. The molecule has 0 fully saturated rings. The van der Waals surface area contributed by atoms with Gasteiger partial charge in [-0.25, -0.2) is 19.6 Å². The minimum absolute atomic E-state index is 0.0680. The third-order valence-corrected chi connectivity index (χ3v) is 25.2. The van der Waals surface area contributed by atoms with E-state index in [1.54, 1.807) is 11.0 Å². The molecule has 0 saturated carbocycles. The summed E-state index contributed by atoms with van der Waals surface area (Å²) in [5, 5.41) is 26.4. The molecule has 8 aromatic carbocycles. The summed E-state index contributed by atoms with van der Waals surface area (Å²) in [5.74, 6) is 3.40. The SMILES string of the molecule is CC(C)NC(=O)N1Cc2cc(C(=O)NCc3ccc4c(c3)OCO4)nc(-c3cccc(-c4cc5ccccc5o4)c3)c2[C@H]1CCO.CC(C)NC(=O)N1Cc2cc(C(=O)NCc3ccc4c(c3)OCO4)nc(-c3cccc(-c4cc5ccccc5o4)c3)c2[C@H]1CCO[Si](c1ccccc1)(c1ccccc1)C(C)(C)C. The number of amides is 6. The summed E-state index contributed by atoms with van der Waals surface area (Å²) in [5.41, 5.74) is 11.7. The van der Waals surface area contributed by atoms with Crippen LogP contribution < -0.4 is 50.6 Å². The standard InChI is InChI=1S/C52H52N4O6Si.C36H34N4O6/c1-34(2)54-51(58)56-32-39-29-42(50(57)53-31-35-23-24-45-47(27-35)60-33-59-45)55-49(38-17-14-16-36(28-38)46-30-37-15-12-13-22-44(37)62-46)48(39)43(56)25-26-61-63(52(3,4)5,40-18-8-6-9-19-40)41-20-10-7-11-21-41;1-21(2)38-36(43)40-19-26-16-27(35(42)37-18-22-10-11-30-32(14-22)45-20-44-30)39-34(33(26)28(40)12-13-41)25-8-5-7-23(15-25)31-17-24-6-3-4-9-29(24)46-31/h6-24,27-30,34,43H,25-26,31-33H2,1-5H3,(H,53,57)(H,54,58);3-11,14-17,21,28,41H,12-13,18-20H2,1-2H3,(H,37,42)(H,38,43)/t43-;28-/m11/s1. The number of hydrogen-bond acceptors (Lipinski definition) is 14. The van der Waals surface area contributed by atoms with Crippen LogP contribution in [0.15, 0.2) is 227 Å². The van der Waals surface area contributed by atoms with Crippen LogP contribution in [-0.4, -0.2) is 96.0 Å². The minimum Gasteiger partial charge on any atom is -0.456 e. The number of rotatable bonds is 20. The Bertz CT molecular complexity index is 5280. The van der Waals surface area contributed by atoms with Crippen molar-refractivity contribution >= 4 is 64.5 Å². The molecule has 109 heavy (non-hydrogen) atoms. The summed E-state index contributed by atoms with van der Waals surface area (Å²) < 4.78 is 41.8. The maximum Gasteiger partial charge on any atom is 0.318 e. The first-order valence-corrected chi connectivity index (χ1v) is 38.9. The molecule has 4 aliphatic heterocycles. The number of nitrogens with zero attached hydrogens (tertiary/aromatic N) is 4. The lowest BCUT2D eigenvalue weighted by Crippen LogP contribution is -2.66. The normalized spacial score (nSPS) is 14.7. The van der Waals surface area contributed by atoms with Crippen molar-refractivity contribution in [1.29, 1.82) is 0 Å². The maximum absolute atomic E-state index is 14.3. The van der Waals surface area contributed by atoms with Crippen LogP contribution in [0.25, 0.3) is 67.1 Å². The van der Waals surface area contributed by atoms with E-state index in [-0.39, 0.29) is 92.2 Å². The van der Waals surface area contributed by atoms with Gasteiger partial charge < -0.3 is 68.4 Å². The fourth-order valence-corrected chi connectivity index (χ4v) is 19.8. The molecule has 0 radical (unpaired) electrons. The number of aliphatic hydroxyl groups is 1. The molecule has 0 unspecified atom stereocenters. The zero-order valence-electron chi connectivity index (χ0n) is 61.9. The van der Waals surface area contributed by atoms with Crippen molar-refractivity contribution in [3.63, 3.8) is 0 Å². The Hall–Kier alpha value is -12.0. The van der Waals surface area contributed by atoms with E-state index in [0.717, 1.165) is 83.3 Å².